The monoisotopic (exact) mass is 346 g/mol. The molecule has 0 amide bonds. The summed E-state index contributed by atoms with van der Waals surface area (Å²) in [6.07, 6.45) is 3.12. The minimum atomic E-state index is -0.243. The Morgan fingerprint density at radius 1 is 1.17 bits per heavy atom. The summed E-state index contributed by atoms with van der Waals surface area (Å²) in [6.45, 7) is 0.177. The maximum atomic E-state index is 12.5. The van der Waals surface area contributed by atoms with Gasteiger partial charge in [-0.25, -0.2) is 0 Å². The van der Waals surface area contributed by atoms with E-state index in [1.807, 2.05) is 18.2 Å². The van der Waals surface area contributed by atoms with E-state index in [1.54, 1.807) is 12.1 Å². The van der Waals surface area contributed by atoms with Crippen molar-refractivity contribution < 1.29 is 23.7 Å². The van der Waals surface area contributed by atoms with Crippen molar-refractivity contribution in [3.8, 4) is 23.0 Å². The quantitative estimate of drug-likeness (QED) is 0.605. The summed E-state index contributed by atoms with van der Waals surface area (Å²) in [5.74, 6) is 1.88. The van der Waals surface area contributed by atoms with Gasteiger partial charge in [-0.15, -0.1) is 0 Å². The second kappa shape index (κ2) is 6.84. The number of benzene rings is 2. The maximum Gasteiger partial charge on any atom is 0.231 e. The van der Waals surface area contributed by atoms with Crippen LogP contribution in [0, 0.1) is 0 Å². The van der Waals surface area contributed by atoms with E-state index in [4.69, 9.17) is 30.5 Å². The molecule has 124 valence electrons. The van der Waals surface area contributed by atoms with Gasteiger partial charge in [-0.05, 0) is 24.3 Å². The van der Waals surface area contributed by atoms with Crippen molar-refractivity contribution in [1.82, 2.24) is 0 Å². The lowest BCUT2D eigenvalue weighted by Crippen LogP contribution is -2.00. The Hall–Kier alpha value is -2.66. The summed E-state index contributed by atoms with van der Waals surface area (Å²) >= 11 is 6.10. The fourth-order valence-corrected chi connectivity index (χ4v) is 2.63. The van der Waals surface area contributed by atoms with Gasteiger partial charge in [-0.3, -0.25) is 4.79 Å². The third kappa shape index (κ3) is 3.03. The summed E-state index contributed by atoms with van der Waals surface area (Å²) in [4.78, 5) is 12.5. The van der Waals surface area contributed by atoms with Gasteiger partial charge in [0.05, 0.1) is 24.8 Å². The van der Waals surface area contributed by atoms with Gasteiger partial charge in [-0.1, -0.05) is 23.7 Å². The maximum absolute atomic E-state index is 12.5. The first-order valence-electron chi connectivity index (χ1n) is 7.16. The normalized spacial score (nSPS) is 12.5. The lowest BCUT2D eigenvalue weighted by atomic mass is 10.1. The number of fused-ring (bicyclic) bond motifs is 1. The Kier molecular flexibility index (Phi) is 4.62. The third-order valence-corrected chi connectivity index (χ3v) is 3.88. The van der Waals surface area contributed by atoms with Crippen LogP contribution in [-0.2, 0) is 0 Å². The fourth-order valence-electron chi connectivity index (χ4n) is 2.39. The van der Waals surface area contributed by atoms with E-state index in [1.165, 1.54) is 26.4 Å². The highest BCUT2D eigenvalue weighted by Gasteiger charge is 2.17. The van der Waals surface area contributed by atoms with E-state index in [2.05, 4.69) is 0 Å². The SMILES string of the molecule is COc1cc(OC)c(C(=O)C=Cc2cccc3c2OCO3)cc1Cl. The van der Waals surface area contributed by atoms with Crippen LogP contribution in [0.2, 0.25) is 5.02 Å². The number of hydrogen-bond acceptors (Lipinski definition) is 5. The van der Waals surface area contributed by atoms with Crippen LogP contribution in [0.5, 0.6) is 23.0 Å². The average molecular weight is 347 g/mol. The smallest absolute Gasteiger partial charge is 0.231 e. The molecule has 0 radical (unpaired) electrons. The molecule has 0 aliphatic carbocycles. The van der Waals surface area contributed by atoms with Gasteiger partial charge < -0.3 is 18.9 Å². The summed E-state index contributed by atoms with van der Waals surface area (Å²) in [7, 11) is 2.98. The zero-order valence-electron chi connectivity index (χ0n) is 13.2. The zero-order valence-corrected chi connectivity index (χ0v) is 13.9. The third-order valence-electron chi connectivity index (χ3n) is 3.58. The lowest BCUT2D eigenvalue weighted by molar-refractivity contribution is 0.104. The first-order chi connectivity index (χ1) is 11.6. The van der Waals surface area contributed by atoms with E-state index in [0.717, 1.165) is 5.56 Å². The van der Waals surface area contributed by atoms with Crippen LogP contribution in [0.25, 0.3) is 6.08 Å². The Labute approximate surface area is 144 Å². The molecule has 1 aliphatic rings. The van der Waals surface area contributed by atoms with Gasteiger partial charge in [0.25, 0.3) is 0 Å². The van der Waals surface area contributed by atoms with Crippen LogP contribution >= 0.6 is 11.6 Å². The van der Waals surface area contributed by atoms with Gasteiger partial charge in [0, 0.05) is 11.6 Å². The largest absolute Gasteiger partial charge is 0.496 e. The van der Waals surface area contributed by atoms with Crippen molar-refractivity contribution in [2.24, 2.45) is 0 Å². The number of methoxy groups -OCH3 is 2. The second-order valence-corrected chi connectivity index (χ2v) is 5.37. The van der Waals surface area contributed by atoms with Gasteiger partial charge in [0.15, 0.2) is 17.3 Å². The Morgan fingerprint density at radius 3 is 2.71 bits per heavy atom. The van der Waals surface area contributed by atoms with Crippen LogP contribution in [-0.4, -0.2) is 26.8 Å². The summed E-state index contributed by atoms with van der Waals surface area (Å²) in [6, 6.07) is 8.60. The number of carbonyl (C=O) groups is 1. The molecule has 2 aromatic carbocycles. The van der Waals surface area contributed by atoms with Crippen molar-refractivity contribution in [2.45, 2.75) is 0 Å². The Balaban J connectivity index is 1.90. The number of halogens is 1. The molecule has 0 saturated carbocycles. The predicted molar refractivity (Wildman–Crippen MR) is 90.5 cm³/mol. The minimum absolute atomic E-state index is 0.177. The molecule has 0 N–H and O–H groups in total. The number of carbonyl (C=O) groups excluding carboxylic acids is 1. The van der Waals surface area contributed by atoms with E-state index in [0.29, 0.717) is 33.6 Å². The molecule has 0 atom stereocenters. The van der Waals surface area contributed by atoms with Crippen molar-refractivity contribution >= 4 is 23.5 Å². The Morgan fingerprint density at radius 2 is 1.96 bits per heavy atom. The van der Waals surface area contributed by atoms with Crippen molar-refractivity contribution in [3.63, 3.8) is 0 Å². The molecule has 0 aromatic heterocycles. The second-order valence-electron chi connectivity index (χ2n) is 4.97. The van der Waals surface area contributed by atoms with Gasteiger partial charge >= 0.3 is 0 Å². The lowest BCUT2D eigenvalue weighted by Gasteiger charge is -2.10. The summed E-state index contributed by atoms with van der Waals surface area (Å²) in [5.41, 5.74) is 1.11. The van der Waals surface area contributed by atoms with Gasteiger partial charge in [0.1, 0.15) is 11.5 Å². The predicted octanol–water partition coefficient (Wildman–Crippen LogP) is 3.98. The zero-order chi connectivity index (χ0) is 17.1. The van der Waals surface area contributed by atoms with Crippen LogP contribution < -0.4 is 18.9 Å². The number of allylic oxidation sites excluding steroid dienone is 1. The van der Waals surface area contributed by atoms with Crippen LogP contribution in [0.4, 0.5) is 0 Å². The van der Waals surface area contributed by atoms with Crippen molar-refractivity contribution in [2.75, 3.05) is 21.0 Å². The molecule has 0 saturated heterocycles. The van der Waals surface area contributed by atoms with Gasteiger partial charge in [-0.2, -0.15) is 0 Å². The molecule has 0 fully saturated rings. The molecule has 24 heavy (non-hydrogen) atoms. The van der Waals surface area contributed by atoms with Crippen LogP contribution in [0.1, 0.15) is 15.9 Å². The molecule has 0 bridgehead atoms. The number of ether oxygens (including phenoxy) is 4. The molecule has 2 aromatic rings. The fraction of sp³-hybridized carbons (Fsp3) is 0.167. The minimum Gasteiger partial charge on any atom is -0.496 e. The van der Waals surface area contributed by atoms with Crippen molar-refractivity contribution in [3.05, 3.63) is 52.6 Å². The molecule has 1 aliphatic heterocycles. The van der Waals surface area contributed by atoms with Crippen LogP contribution in [0.3, 0.4) is 0 Å². The van der Waals surface area contributed by atoms with E-state index in [9.17, 15) is 4.79 Å². The first kappa shape index (κ1) is 16.2. The molecule has 1 heterocycles. The highest BCUT2D eigenvalue weighted by molar-refractivity contribution is 6.32. The van der Waals surface area contributed by atoms with Gasteiger partial charge in [0.2, 0.25) is 6.79 Å². The topological polar surface area (TPSA) is 54.0 Å². The first-order valence-corrected chi connectivity index (χ1v) is 7.54. The highest BCUT2D eigenvalue weighted by Crippen LogP contribution is 2.36. The number of para-hydroxylation sites is 1. The van der Waals surface area contributed by atoms with E-state index < -0.39 is 0 Å². The van der Waals surface area contributed by atoms with Crippen LogP contribution in [0.15, 0.2) is 36.4 Å². The molecule has 0 unspecified atom stereocenters. The molecular formula is C18H15ClO5. The molecule has 5 nitrogen and oxygen atoms in total. The molecule has 6 heteroatoms. The molecular weight excluding hydrogens is 332 g/mol. The van der Waals surface area contributed by atoms with E-state index in [-0.39, 0.29) is 12.6 Å². The van der Waals surface area contributed by atoms with E-state index >= 15 is 0 Å². The number of rotatable bonds is 5. The Bertz CT molecular complexity index is 813. The molecule has 3 rings (SSSR count). The highest BCUT2D eigenvalue weighted by atomic mass is 35.5. The molecule has 0 spiro atoms. The summed E-state index contributed by atoms with van der Waals surface area (Å²) in [5, 5.41) is 0.340. The van der Waals surface area contributed by atoms with Crippen molar-refractivity contribution in [1.29, 1.82) is 0 Å². The summed E-state index contributed by atoms with van der Waals surface area (Å²) < 4.78 is 21.1. The number of ketones is 1. The number of hydrogen-bond donors (Lipinski definition) is 0. The average Bonchev–Trinajstić information content (AvgIpc) is 3.08. The standard InChI is InChI=1S/C18H15ClO5/c1-21-16-9-17(22-2)13(19)8-12(16)14(20)7-6-11-4-3-5-15-18(11)24-10-23-15/h3-9H,10H2,1-2H3.